The number of nitrogen functional groups attached to an aromatic ring is 1. The first-order valence-corrected chi connectivity index (χ1v) is 6.60. The fourth-order valence-electron chi connectivity index (χ4n) is 1.53. The number of thiophene rings is 1. The molecule has 0 amide bonds. The maximum Gasteiger partial charge on any atom is 0.105 e. The summed E-state index contributed by atoms with van der Waals surface area (Å²) in [5.74, 6) is 0. The lowest BCUT2D eigenvalue weighted by atomic mass is 10.1. The van der Waals surface area contributed by atoms with E-state index < -0.39 is 0 Å². The van der Waals surface area contributed by atoms with Crippen molar-refractivity contribution in [1.29, 1.82) is 5.26 Å². The van der Waals surface area contributed by atoms with Crippen molar-refractivity contribution >= 4 is 28.5 Å². The van der Waals surface area contributed by atoms with Crippen molar-refractivity contribution in [1.82, 2.24) is 0 Å². The highest BCUT2D eigenvalue weighted by Gasteiger charge is 2.07. The Morgan fingerprint density at radius 3 is 2.53 bits per heavy atom. The molecule has 0 aliphatic carbocycles. The van der Waals surface area contributed by atoms with Crippen LogP contribution in [0.5, 0.6) is 0 Å². The summed E-state index contributed by atoms with van der Waals surface area (Å²) in [6.45, 7) is 12.0. The maximum atomic E-state index is 9.04. The van der Waals surface area contributed by atoms with Gasteiger partial charge < -0.3 is 5.73 Å². The molecule has 0 aromatic carbocycles. The summed E-state index contributed by atoms with van der Waals surface area (Å²) in [6, 6.07) is 2.15. The molecule has 1 rings (SSSR count). The van der Waals surface area contributed by atoms with Crippen LogP contribution in [-0.2, 0) is 0 Å². The number of nitrogens with zero attached hydrogens (tertiary/aromatic N) is 1. The molecule has 0 radical (unpaired) electrons. The molecule has 0 fully saturated rings. The van der Waals surface area contributed by atoms with E-state index in [1.807, 2.05) is 32.9 Å². The zero-order chi connectivity index (χ0) is 13.4. The second-order valence-corrected chi connectivity index (χ2v) is 4.27. The second-order valence-electron chi connectivity index (χ2n) is 3.13. The van der Waals surface area contributed by atoms with Gasteiger partial charge in [-0.05, 0) is 18.9 Å². The van der Waals surface area contributed by atoms with Gasteiger partial charge in [-0.3, -0.25) is 0 Å². The number of hydrogen-bond acceptors (Lipinski definition) is 3. The Hall–Kier alpha value is -1.53. The lowest BCUT2D eigenvalue weighted by Gasteiger charge is -1.95. The van der Waals surface area contributed by atoms with Crippen molar-refractivity contribution in [3.05, 3.63) is 27.5 Å². The van der Waals surface area contributed by atoms with Gasteiger partial charge in [0.05, 0.1) is 5.56 Å². The molecule has 0 aliphatic rings. The Bertz CT molecular complexity index is 530. The van der Waals surface area contributed by atoms with Gasteiger partial charge in [-0.1, -0.05) is 39.5 Å². The predicted molar refractivity (Wildman–Crippen MR) is 78.1 cm³/mol. The van der Waals surface area contributed by atoms with E-state index >= 15 is 0 Å². The molecule has 2 N–H and O–H groups in total. The maximum absolute atomic E-state index is 9.04. The van der Waals surface area contributed by atoms with E-state index in [-0.39, 0.29) is 0 Å². The molecule has 0 atom stereocenters. The summed E-state index contributed by atoms with van der Waals surface area (Å²) in [7, 11) is 0. The first kappa shape index (κ1) is 15.5. The summed E-state index contributed by atoms with van der Waals surface area (Å²) in [4.78, 5) is 0. The van der Waals surface area contributed by atoms with Crippen LogP contribution in [0.15, 0.2) is 12.2 Å². The Morgan fingerprint density at radius 1 is 1.53 bits per heavy atom. The van der Waals surface area contributed by atoms with Crippen LogP contribution < -0.4 is 15.5 Å². The van der Waals surface area contributed by atoms with Crippen molar-refractivity contribution in [2.75, 3.05) is 5.73 Å². The number of hydrogen-bond donors (Lipinski definition) is 1. The van der Waals surface area contributed by atoms with Crippen molar-refractivity contribution in [2.24, 2.45) is 0 Å². The van der Waals surface area contributed by atoms with Gasteiger partial charge in [0.25, 0.3) is 0 Å². The fourth-order valence-corrected chi connectivity index (χ4v) is 2.38. The van der Waals surface area contributed by atoms with E-state index in [1.54, 1.807) is 0 Å². The smallest absolute Gasteiger partial charge is 0.105 e. The van der Waals surface area contributed by atoms with Crippen molar-refractivity contribution in [2.45, 2.75) is 34.1 Å². The Morgan fingerprint density at radius 2 is 2.12 bits per heavy atom. The van der Waals surface area contributed by atoms with Gasteiger partial charge in [-0.25, -0.2) is 0 Å². The first-order valence-electron chi connectivity index (χ1n) is 5.78. The molecule has 1 heterocycles. The third-order valence-corrected chi connectivity index (χ3v) is 3.06. The zero-order valence-corrected chi connectivity index (χ0v) is 11.8. The number of anilines is 1. The molecule has 0 aliphatic heterocycles. The minimum absolute atomic E-state index is 0.563. The van der Waals surface area contributed by atoms with Crippen LogP contribution in [0, 0.1) is 11.3 Å². The Labute approximate surface area is 107 Å². The van der Waals surface area contributed by atoms with Gasteiger partial charge in [0.15, 0.2) is 0 Å². The lowest BCUT2D eigenvalue weighted by molar-refractivity contribution is 1.23. The molecule has 17 heavy (non-hydrogen) atoms. The summed E-state index contributed by atoms with van der Waals surface area (Å²) in [6.07, 6.45) is 4.85. The van der Waals surface area contributed by atoms with E-state index in [0.717, 1.165) is 21.7 Å². The summed E-state index contributed by atoms with van der Waals surface area (Å²) in [5.41, 5.74) is 7.45. The molecule has 0 spiro atoms. The van der Waals surface area contributed by atoms with E-state index in [1.165, 1.54) is 11.3 Å². The molecule has 0 saturated carbocycles. The SMILES string of the molecule is C=c1sc(N)c(C#N)/c1=C(/C=C\C)CC.CC. The van der Waals surface area contributed by atoms with Crippen molar-refractivity contribution in [3.8, 4) is 6.07 Å². The van der Waals surface area contributed by atoms with Crippen molar-refractivity contribution < 1.29 is 0 Å². The number of nitrogens with two attached hydrogens (primary N) is 1. The van der Waals surface area contributed by atoms with Crippen LogP contribution in [0.2, 0.25) is 0 Å². The first-order chi connectivity index (χ1) is 8.15. The predicted octanol–water partition coefficient (Wildman–Crippen LogP) is 2.78. The monoisotopic (exact) mass is 248 g/mol. The van der Waals surface area contributed by atoms with Gasteiger partial charge in [0.1, 0.15) is 11.1 Å². The molecule has 0 saturated heterocycles. The molecule has 2 nitrogen and oxygen atoms in total. The highest BCUT2D eigenvalue weighted by molar-refractivity contribution is 7.14. The average Bonchev–Trinajstić information content (AvgIpc) is 2.63. The van der Waals surface area contributed by atoms with Gasteiger partial charge in [-0.2, -0.15) is 5.26 Å². The van der Waals surface area contributed by atoms with Crippen LogP contribution in [0.25, 0.3) is 12.2 Å². The van der Waals surface area contributed by atoms with Gasteiger partial charge in [-0.15, -0.1) is 11.3 Å². The zero-order valence-electron chi connectivity index (χ0n) is 11.0. The lowest BCUT2D eigenvalue weighted by Crippen LogP contribution is -2.22. The van der Waals surface area contributed by atoms with Crippen molar-refractivity contribution in [3.63, 3.8) is 0 Å². The van der Waals surface area contributed by atoms with Crippen LogP contribution in [0.4, 0.5) is 5.00 Å². The molecule has 1 aromatic rings. The van der Waals surface area contributed by atoms with Crippen LogP contribution >= 0.6 is 11.3 Å². The highest BCUT2D eigenvalue weighted by atomic mass is 32.1. The summed E-state index contributed by atoms with van der Waals surface area (Å²) in [5, 5.41) is 10.5. The molecular weight excluding hydrogens is 228 g/mol. The number of rotatable bonds is 2. The molecule has 0 bridgehead atoms. The molecular formula is C14H20N2S. The second kappa shape index (κ2) is 7.70. The van der Waals surface area contributed by atoms with Crippen LogP contribution in [0.3, 0.4) is 0 Å². The van der Waals surface area contributed by atoms with Crippen LogP contribution in [0.1, 0.15) is 39.7 Å². The third kappa shape index (κ3) is 3.47. The molecule has 0 unspecified atom stereocenters. The normalized spacial score (nSPS) is 11.7. The number of allylic oxidation sites excluding steroid dienone is 2. The largest absolute Gasteiger partial charge is 0.389 e. The minimum Gasteiger partial charge on any atom is -0.389 e. The summed E-state index contributed by atoms with van der Waals surface area (Å²) >= 11 is 1.38. The topological polar surface area (TPSA) is 49.8 Å². The van der Waals surface area contributed by atoms with Gasteiger partial charge in [0.2, 0.25) is 0 Å². The third-order valence-electron chi connectivity index (χ3n) is 2.19. The van der Waals surface area contributed by atoms with E-state index in [9.17, 15) is 0 Å². The fraction of sp³-hybridized carbons (Fsp3) is 0.357. The standard InChI is InChI=1S/C12H14N2S.C2H6/c1-4-6-9(5-2)11-8(3)15-12(14)10(11)7-13;1-2/h4,6H,3,5,14H2,1-2H3;1-2H3/b6-4-,11-9+;. The molecule has 1 aromatic heterocycles. The highest BCUT2D eigenvalue weighted by Crippen LogP contribution is 2.11. The minimum atomic E-state index is 0.563. The molecule has 92 valence electrons. The Kier molecular flexibility index (Phi) is 7.00. The van der Waals surface area contributed by atoms with Gasteiger partial charge >= 0.3 is 0 Å². The van der Waals surface area contributed by atoms with E-state index in [4.69, 9.17) is 11.0 Å². The Balaban J connectivity index is 0.00000121. The number of nitriles is 1. The van der Waals surface area contributed by atoms with Crippen LogP contribution in [-0.4, -0.2) is 0 Å². The van der Waals surface area contributed by atoms with E-state index in [0.29, 0.717) is 10.6 Å². The average molecular weight is 248 g/mol. The van der Waals surface area contributed by atoms with Gasteiger partial charge in [0, 0.05) is 9.75 Å². The quantitative estimate of drug-likeness (QED) is 0.875. The molecule has 3 heteroatoms. The summed E-state index contributed by atoms with van der Waals surface area (Å²) < 4.78 is 0.874. The van der Waals surface area contributed by atoms with E-state index in [2.05, 4.69) is 19.6 Å².